The molecule has 5 unspecified atom stereocenters. The van der Waals surface area contributed by atoms with Gasteiger partial charge >= 0.3 is 33.6 Å². The number of hydrogen-bond donors (Lipinski definition) is 4. The van der Waals surface area contributed by atoms with Crippen molar-refractivity contribution in [3.8, 4) is 0 Å². The smallest absolute Gasteiger partial charge is 0.463 e. The summed E-state index contributed by atoms with van der Waals surface area (Å²) >= 11 is 0. The number of aliphatic hydroxyl groups excluding tert-OH is 2. The first kappa shape index (κ1) is 83.2. The fourth-order valence-electron chi connectivity index (χ4n) is 8.47. The molecule has 0 aliphatic carbocycles. The van der Waals surface area contributed by atoms with Crippen molar-refractivity contribution >= 4 is 33.6 Å². The number of allylic oxidation sites excluding steroid dienone is 18. The molecule has 0 amide bonds. The summed E-state index contributed by atoms with van der Waals surface area (Å²) in [5.74, 6) is -1.61. The van der Waals surface area contributed by atoms with Crippen LogP contribution in [0.2, 0.25) is 0 Å². The molecule has 0 bridgehead atoms. The maximum absolute atomic E-state index is 12.8. The molecule has 0 saturated heterocycles. The van der Waals surface area contributed by atoms with Crippen molar-refractivity contribution in [1.29, 1.82) is 0 Å². The van der Waals surface area contributed by atoms with Crippen LogP contribution in [0.25, 0.3) is 0 Å². The van der Waals surface area contributed by atoms with Crippen LogP contribution in [-0.2, 0) is 55.8 Å². The second-order valence-electron chi connectivity index (χ2n) is 21.9. The molecule has 0 fully saturated rings. The first-order valence-corrected chi connectivity index (χ1v) is 36.2. The summed E-state index contributed by atoms with van der Waals surface area (Å²) in [6.45, 7) is 2.38. The van der Waals surface area contributed by atoms with E-state index in [4.69, 9.17) is 32.3 Å². The van der Waals surface area contributed by atoms with Crippen LogP contribution in [0.15, 0.2) is 109 Å². The molecule has 0 spiro atoms. The molecule has 0 aromatic rings. The number of unbranched alkanes of at least 4 members (excludes halogenated alkanes) is 21. The predicted molar refractivity (Wildman–Crippen MR) is 353 cm³/mol. The van der Waals surface area contributed by atoms with Gasteiger partial charge in [-0.25, -0.2) is 9.13 Å². The second kappa shape index (κ2) is 62.4. The highest BCUT2D eigenvalue weighted by molar-refractivity contribution is 7.47. The van der Waals surface area contributed by atoms with Crippen LogP contribution in [0.5, 0.6) is 0 Å². The molecule has 0 aromatic heterocycles. The zero-order valence-electron chi connectivity index (χ0n) is 53.9. The Morgan fingerprint density at radius 3 is 0.966 bits per heavy atom. The van der Waals surface area contributed by atoms with Gasteiger partial charge in [0.15, 0.2) is 6.10 Å². The first-order chi connectivity index (χ1) is 42.2. The summed E-state index contributed by atoms with van der Waals surface area (Å²) in [6, 6.07) is 0. The van der Waals surface area contributed by atoms with E-state index in [0.29, 0.717) is 19.3 Å². The van der Waals surface area contributed by atoms with E-state index in [0.717, 1.165) is 154 Å². The number of aliphatic hydroxyl groups is 2. The number of rotatable bonds is 62. The first-order valence-electron chi connectivity index (χ1n) is 33.2. The van der Waals surface area contributed by atoms with Gasteiger partial charge in [0, 0.05) is 19.3 Å². The van der Waals surface area contributed by atoms with E-state index in [2.05, 4.69) is 130 Å². The summed E-state index contributed by atoms with van der Waals surface area (Å²) in [4.78, 5) is 58.2. The topological polar surface area (TPSA) is 231 Å². The van der Waals surface area contributed by atoms with Crippen molar-refractivity contribution in [2.24, 2.45) is 0 Å². The number of esters is 3. The highest BCUT2D eigenvalue weighted by Gasteiger charge is 2.29. The van der Waals surface area contributed by atoms with E-state index in [-0.39, 0.29) is 19.3 Å². The van der Waals surface area contributed by atoms with E-state index >= 15 is 0 Å². The van der Waals surface area contributed by atoms with Gasteiger partial charge in [-0.3, -0.25) is 32.5 Å². The average Bonchev–Trinajstić information content (AvgIpc) is 3.56. The van der Waals surface area contributed by atoms with Gasteiger partial charge in [-0.15, -0.1) is 0 Å². The summed E-state index contributed by atoms with van der Waals surface area (Å²) in [7, 11) is -9.77. The Bertz CT molecular complexity index is 2030. The molecular weight excluding hydrogens is 1150 g/mol. The molecule has 4 N–H and O–H groups in total. The van der Waals surface area contributed by atoms with Crippen LogP contribution < -0.4 is 0 Å². The maximum Gasteiger partial charge on any atom is 0.472 e. The lowest BCUT2D eigenvalue weighted by atomic mass is 10.1. The number of hydrogen-bond acceptors (Lipinski definition) is 14. The van der Waals surface area contributed by atoms with Crippen molar-refractivity contribution < 1.29 is 75.8 Å². The normalized spacial score (nSPS) is 15.0. The van der Waals surface area contributed by atoms with Gasteiger partial charge in [0.05, 0.1) is 26.4 Å². The van der Waals surface area contributed by atoms with Gasteiger partial charge in [-0.1, -0.05) is 239 Å². The van der Waals surface area contributed by atoms with Gasteiger partial charge in [0.25, 0.3) is 0 Å². The molecule has 0 aromatic carbocycles. The van der Waals surface area contributed by atoms with Crippen molar-refractivity contribution in [2.45, 2.75) is 270 Å². The third kappa shape index (κ3) is 63.6. The Morgan fingerprint density at radius 2 is 0.609 bits per heavy atom. The van der Waals surface area contributed by atoms with Crippen LogP contribution in [-0.4, -0.2) is 95.9 Å². The molecule has 0 radical (unpaired) electrons. The standard InChI is InChI=1S/C69H118O16P2/c1-4-7-10-13-16-19-22-24-26-27-28-29-30-31-32-33-34-35-37-39-41-43-46-49-52-55-67(72)79-58-64(70)59-81-86(75,76)82-60-65(71)61-83-87(77,78)84-63-66(85-69(74)57-54-51-48-45-40-21-18-15-12-9-6-3)62-80-68(73)56-53-50-47-44-42-38-36-25-23-20-17-14-11-8-5-2/h7-8,10-11,16-17,19-20,24-26,28-29,31-32,34-36,64-66,70-71H,4-6,9,12-15,18,21-23,27,30,33,37-63H2,1-3H3,(H,75,76)(H,77,78)/b10-7-,11-8-,19-16-,20-17-,26-24-,29-28-,32-31-,35-34-,36-25-. The Labute approximate surface area is 526 Å². The van der Waals surface area contributed by atoms with Crippen molar-refractivity contribution in [3.05, 3.63) is 109 Å². The molecule has 16 nitrogen and oxygen atoms in total. The third-order valence-corrected chi connectivity index (χ3v) is 15.4. The fourth-order valence-corrected chi connectivity index (χ4v) is 10.1. The lowest BCUT2D eigenvalue weighted by Gasteiger charge is -2.21. The predicted octanol–water partition coefficient (Wildman–Crippen LogP) is 18.1. The van der Waals surface area contributed by atoms with Gasteiger partial charge in [0.1, 0.15) is 25.4 Å². The minimum atomic E-state index is -4.92. The molecule has 87 heavy (non-hydrogen) atoms. The highest BCUT2D eigenvalue weighted by Crippen LogP contribution is 2.45. The fraction of sp³-hybridized carbons (Fsp3) is 0.696. The molecular formula is C69H118O16P2. The van der Waals surface area contributed by atoms with Gasteiger partial charge in [-0.2, -0.15) is 0 Å². The number of phosphoric ester groups is 2. The lowest BCUT2D eigenvalue weighted by molar-refractivity contribution is -0.161. The van der Waals surface area contributed by atoms with Gasteiger partial charge in [0.2, 0.25) is 0 Å². The zero-order valence-corrected chi connectivity index (χ0v) is 55.7. The van der Waals surface area contributed by atoms with Crippen molar-refractivity contribution in [3.63, 3.8) is 0 Å². The van der Waals surface area contributed by atoms with Crippen molar-refractivity contribution in [2.75, 3.05) is 39.6 Å². The minimum absolute atomic E-state index is 0.102. The van der Waals surface area contributed by atoms with Crippen LogP contribution >= 0.6 is 15.6 Å². The molecule has 0 aliphatic heterocycles. The Morgan fingerprint density at radius 1 is 0.333 bits per heavy atom. The molecule has 0 saturated carbocycles. The number of ether oxygens (including phenoxy) is 3. The summed E-state index contributed by atoms with van der Waals surface area (Å²) < 4.78 is 60.7. The monoisotopic (exact) mass is 1260 g/mol. The van der Waals surface area contributed by atoms with E-state index in [9.17, 15) is 43.5 Å². The maximum atomic E-state index is 12.8. The number of carbonyl (C=O) groups excluding carboxylic acids is 3. The van der Waals surface area contributed by atoms with E-state index in [1.807, 2.05) is 0 Å². The SMILES string of the molecule is CC/C=C\C/C=C\C/C=C\C/C=C\C/C=C\C/C=C\CCCCCCCCC(=O)OCC(O)COP(=O)(O)OCC(O)COP(=O)(O)OCC(COC(=O)CCCCCCC/C=C\C/C=C\C/C=C\CC)OC(=O)CCCCCCCCCCCCC. The molecule has 5 atom stereocenters. The minimum Gasteiger partial charge on any atom is -0.463 e. The van der Waals surface area contributed by atoms with E-state index in [1.54, 1.807) is 0 Å². The molecule has 18 heteroatoms. The highest BCUT2D eigenvalue weighted by atomic mass is 31.2. The van der Waals surface area contributed by atoms with Crippen LogP contribution in [0.3, 0.4) is 0 Å². The Hall–Kier alpha value is -3.79. The summed E-state index contributed by atoms with van der Waals surface area (Å²) in [5, 5.41) is 20.5. The molecule has 0 heterocycles. The van der Waals surface area contributed by atoms with E-state index in [1.165, 1.54) is 38.5 Å². The van der Waals surface area contributed by atoms with Crippen LogP contribution in [0.4, 0.5) is 0 Å². The van der Waals surface area contributed by atoms with E-state index < -0.39 is 91.5 Å². The summed E-state index contributed by atoms with van der Waals surface area (Å²) in [5.41, 5.74) is 0. The Balaban J connectivity index is 4.54. The molecule has 0 aliphatic rings. The second-order valence-corrected chi connectivity index (χ2v) is 24.8. The largest absolute Gasteiger partial charge is 0.472 e. The quantitative estimate of drug-likeness (QED) is 0.0146. The molecule has 500 valence electrons. The summed E-state index contributed by atoms with van der Waals surface area (Å²) in [6.07, 6.45) is 68.7. The average molecular weight is 1270 g/mol. The number of phosphoric acid groups is 2. The number of carbonyl (C=O) groups is 3. The third-order valence-electron chi connectivity index (χ3n) is 13.5. The molecule has 0 rings (SSSR count). The lowest BCUT2D eigenvalue weighted by Crippen LogP contribution is -2.30. The van der Waals surface area contributed by atoms with Crippen LogP contribution in [0.1, 0.15) is 252 Å². The van der Waals surface area contributed by atoms with Gasteiger partial charge < -0.3 is 34.2 Å². The Kier molecular flexibility index (Phi) is 59.7. The van der Waals surface area contributed by atoms with Gasteiger partial charge in [-0.05, 0) is 103 Å². The zero-order chi connectivity index (χ0) is 63.8. The van der Waals surface area contributed by atoms with Crippen molar-refractivity contribution in [1.82, 2.24) is 0 Å². The van der Waals surface area contributed by atoms with Crippen LogP contribution in [0, 0.1) is 0 Å².